The molecular formula is C30H30N2O6. The summed E-state index contributed by atoms with van der Waals surface area (Å²) in [5, 5.41) is 19.4. The summed E-state index contributed by atoms with van der Waals surface area (Å²) in [6.45, 7) is -0.0925. The van der Waals surface area contributed by atoms with E-state index in [1.807, 2.05) is 78.9 Å². The van der Waals surface area contributed by atoms with E-state index >= 15 is 0 Å². The second-order valence-corrected chi connectivity index (χ2v) is 8.95. The molecule has 4 aromatic rings. The van der Waals surface area contributed by atoms with E-state index < -0.39 is 30.1 Å². The first-order valence-corrected chi connectivity index (χ1v) is 12.3. The minimum Gasteiger partial charge on any atom is -0.467 e. The lowest BCUT2D eigenvalue weighted by molar-refractivity contribution is -0.145. The topological polar surface area (TPSA) is 114 Å². The van der Waals surface area contributed by atoms with E-state index in [1.165, 1.54) is 7.11 Å². The molecule has 38 heavy (non-hydrogen) atoms. The number of amides is 2. The van der Waals surface area contributed by atoms with Gasteiger partial charge in [-0.2, -0.15) is 0 Å². The molecule has 8 nitrogen and oxygen atoms in total. The maximum atomic E-state index is 12.7. The zero-order chi connectivity index (χ0) is 26.9. The molecular weight excluding hydrogens is 484 g/mol. The number of hydrogen-bond acceptors (Lipinski definition) is 6. The summed E-state index contributed by atoms with van der Waals surface area (Å²) in [5.41, 5.74) is 1.74. The van der Waals surface area contributed by atoms with E-state index in [1.54, 1.807) is 0 Å². The molecule has 0 aromatic heterocycles. The number of carbonyl (C=O) groups is 3. The average molecular weight is 515 g/mol. The van der Waals surface area contributed by atoms with Crippen LogP contribution in [0, 0.1) is 0 Å². The highest BCUT2D eigenvalue weighted by Crippen LogP contribution is 2.29. The second-order valence-electron chi connectivity index (χ2n) is 8.95. The Morgan fingerprint density at radius 2 is 1.47 bits per heavy atom. The predicted molar refractivity (Wildman–Crippen MR) is 144 cm³/mol. The van der Waals surface area contributed by atoms with Crippen molar-refractivity contribution in [2.45, 2.75) is 31.6 Å². The Hall–Kier alpha value is -4.43. The summed E-state index contributed by atoms with van der Waals surface area (Å²) < 4.78 is 10.1. The van der Waals surface area contributed by atoms with Gasteiger partial charge in [0.25, 0.3) is 0 Å². The molecule has 0 bridgehead atoms. The average Bonchev–Trinajstić information content (AvgIpc) is 2.94. The Morgan fingerprint density at radius 3 is 2.11 bits per heavy atom. The van der Waals surface area contributed by atoms with Gasteiger partial charge in [0, 0.05) is 13.0 Å². The van der Waals surface area contributed by atoms with Gasteiger partial charge in [0.15, 0.2) is 0 Å². The molecule has 0 spiro atoms. The van der Waals surface area contributed by atoms with Crippen LogP contribution >= 0.6 is 0 Å². The molecule has 196 valence electrons. The predicted octanol–water partition coefficient (Wildman–Crippen LogP) is 3.87. The highest BCUT2D eigenvalue weighted by atomic mass is 16.5. The molecule has 3 N–H and O–H groups in total. The molecule has 0 saturated heterocycles. The van der Waals surface area contributed by atoms with Crippen molar-refractivity contribution < 1.29 is 29.0 Å². The number of hydrogen-bond donors (Lipinski definition) is 3. The molecule has 0 unspecified atom stereocenters. The van der Waals surface area contributed by atoms with Crippen LogP contribution in [0.4, 0.5) is 4.79 Å². The number of nitrogens with one attached hydrogen (secondary N) is 2. The number of benzene rings is 4. The zero-order valence-corrected chi connectivity index (χ0v) is 21.1. The normalized spacial score (nSPS) is 12.5. The van der Waals surface area contributed by atoms with Crippen LogP contribution in [0.2, 0.25) is 0 Å². The Morgan fingerprint density at radius 1 is 0.868 bits per heavy atom. The molecule has 0 saturated carbocycles. The highest BCUT2D eigenvalue weighted by Gasteiger charge is 2.25. The van der Waals surface area contributed by atoms with E-state index in [9.17, 15) is 19.5 Å². The molecule has 8 heteroatoms. The van der Waals surface area contributed by atoms with Gasteiger partial charge in [-0.25, -0.2) is 9.59 Å². The van der Waals surface area contributed by atoms with Gasteiger partial charge >= 0.3 is 12.1 Å². The fourth-order valence-electron chi connectivity index (χ4n) is 4.38. The maximum Gasteiger partial charge on any atom is 0.407 e. The van der Waals surface area contributed by atoms with Crippen molar-refractivity contribution in [3.63, 3.8) is 0 Å². The minimum absolute atomic E-state index is 0.0902. The third kappa shape index (κ3) is 6.86. The zero-order valence-electron chi connectivity index (χ0n) is 21.1. The van der Waals surface area contributed by atoms with Gasteiger partial charge in [0.2, 0.25) is 5.91 Å². The Kier molecular flexibility index (Phi) is 8.89. The van der Waals surface area contributed by atoms with Crippen LogP contribution in [-0.4, -0.2) is 48.9 Å². The number of aliphatic hydroxyl groups excluding tert-OH is 1. The third-order valence-corrected chi connectivity index (χ3v) is 6.23. The van der Waals surface area contributed by atoms with Crippen LogP contribution in [0.3, 0.4) is 0 Å². The van der Waals surface area contributed by atoms with E-state index in [-0.39, 0.29) is 26.0 Å². The summed E-state index contributed by atoms with van der Waals surface area (Å²) in [6, 6.07) is 26.1. The van der Waals surface area contributed by atoms with Gasteiger partial charge < -0.3 is 25.2 Å². The Labute approximate surface area is 220 Å². The third-order valence-electron chi connectivity index (χ3n) is 6.23. The van der Waals surface area contributed by atoms with Crippen LogP contribution in [0.25, 0.3) is 21.5 Å². The Balaban J connectivity index is 1.38. The van der Waals surface area contributed by atoms with Crippen molar-refractivity contribution in [3.05, 3.63) is 96.1 Å². The molecule has 0 fully saturated rings. The van der Waals surface area contributed by atoms with Crippen molar-refractivity contribution >= 4 is 39.5 Å². The lowest BCUT2D eigenvalue weighted by Crippen LogP contribution is -2.45. The highest BCUT2D eigenvalue weighted by molar-refractivity contribution is 6.02. The summed E-state index contributed by atoms with van der Waals surface area (Å²) in [6.07, 6.45) is -1.98. The molecule has 2 amide bonds. The van der Waals surface area contributed by atoms with E-state index in [0.717, 1.165) is 32.7 Å². The summed E-state index contributed by atoms with van der Waals surface area (Å²) in [7, 11) is 1.27. The number of alkyl carbamates (subject to hydrolysis) is 1. The first-order chi connectivity index (χ1) is 18.4. The number of methoxy groups -OCH3 is 1. The number of esters is 1. The molecule has 0 aliphatic rings. The van der Waals surface area contributed by atoms with Crippen molar-refractivity contribution in [2.75, 3.05) is 13.7 Å². The standard InChI is InChI=1S/C30H30N2O6/c1-37-29(35)27(17-26-24-13-7-5-11-21(24)15-22-12-6-8-14-25(22)26)32-28(34)16-23(33)18-31-30(36)38-19-20-9-3-2-4-10-20/h2-15,23,27,33H,16-19H2,1H3,(H,31,36)(H,32,34)/t23-,27-/m0/s1. The molecule has 2 atom stereocenters. The van der Waals surface area contributed by atoms with E-state index in [4.69, 9.17) is 9.47 Å². The van der Waals surface area contributed by atoms with Gasteiger partial charge in [-0.15, -0.1) is 0 Å². The molecule has 0 aliphatic heterocycles. The van der Waals surface area contributed by atoms with Gasteiger partial charge in [-0.05, 0) is 38.7 Å². The first-order valence-electron chi connectivity index (χ1n) is 12.3. The van der Waals surface area contributed by atoms with Gasteiger partial charge in [0.05, 0.1) is 19.6 Å². The molecule has 4 aromatic carbocycles. The number of fused-ring (bicyclic) bond motifs is 2. The largest absolute Gasteiger partial charge is 0.467 e. The number of aliphatic hydroxyl groups is 1. The number of ether oxygens (including phenoxy) is 2. The second kappa shape index (κ2) is 12.7. The van der Waals surface area contributed by atoms with Crippen molar-refractivity contribution in [2.24, 2.45) is 0 Å². The molecule has 4 rings (SSSR count). The van der Waals surface area contributed by atoms with Crippen molar-refractivity contribution in [1.82, 2.24) is 10.6 Å². The number of carbonyl (C=O) groups excluding carboxylic acids is 3. The lowest BCUT2D eigenvalue weighted by atomic mass is 9.92. The van der Waals surface area contributed by atoms with Crippen molar-refractivity contribution in [3.8, 4) is 0 Å². The van der Waals surface area contributed by atoms with Crippen molar-refractivity contribution in [1.29, 1.82) is 0 Å². The van der Waals surface area contributed by atoms with E-state index in [0.29, 0.717) is 0 Å². The van der Waals surface area contributed by atoms with Crippen LogP contribution in [0.1, 0.15) is 17.5 Å². The summed E-state index contributed by atoms with van der Waals surface area (Å²) in [5.74, 6) is -1.13. The summed E-state index contributed by atoms with van der Waals surface area (Å²) in [4.78, 5) is 37.3. The van der Waals surface area contributed by atoms with Crippen LogP contribution in [0.15, 0.2) is 84.9 Å². The van der Waals surface area contributed by atoms with Gasteiger partial charge in [0.1, 0.15) is 12.6 Å². The molecule has 0 radical (unpaired) electrons. The monoisotopic (exact) mass is 514 g/mol. The fourth-order valence-corrected chi connectivity index (χ4v) is 4.38. The van der Waals surface area contributed by atoms with Crippen LogP contribution in [-0.2, 0) is 32.1 Å². The first kappa shape index (κ1) is 26.6. The molecule has 0 aliphatic carbocycles. The van der Waals surface area contributed by atoms with Crippen LogP contribution < -0.4 is 10.6 Å². The maximum absolute atomic E-state index is 12.7. The van der Waals surface area contributed by atoms with Crippen LogP contribution in [0.5, 0.6) is 0 Å². The van der Waals surface area contributed by atoms with E-state index in [2.05, 4.69) is 16.7 Å². The lowest BCUT2D eigenvalue weighted by Gasteiger charge is -2.20. The fraction of sp³-hybridized carbons (Fsp3) is 0.233. The smallest absolute Gasteiger partial charge is 0.407 e. The van der Waals surface area contributed by atoms with Gasteiger partial charge in [-0.1, -0.05) is 78.9 Å². The number of rotatable bonds is 10. The summed E-state index contributed by atoms with van der Waals surface area (Å²) >= 11 is 0. The van der Waals surface area contributed by atoms with Gasteiger partial charge in [-0.3, -0.25) is 4.79 Å². The Bertz CT molecular complexity index is 1370. The minimum atomic E-state index is -1.17. The molecule has 0 heterocycles. The quantitative estimate of drug-likeness (QED) is 0.219. The SMILES string of the molecule is COC(=O)[C@H](Cc1c2ccccc2cc2ccccc12)NC(=O)C[C@H](O)CNC(=O)OCc1ccccc1.